The van der Waals surface area contributed by atoms with Gasteiger partial charge in [-0.15, -0.1) is 0 Å². The van der Waals surface area contributed by atoms with Gasteiger partial charge in [0.2, 0.25) is 0 Å². The first-order chi connectivity index (χ1) is 8.49. The van der Waals surface area contributed by atoms with E-state index in [4.69, 9.17) is 16.9 Å². The van der Waals surface area contributed by atoms with Crippen molar-refractivity contribution in [2.75, 3.05) is 5.73 Å². The number of aryl methyl sites for hydroxylation is 1. The fourth-order valence-electron chi connectivity index (χ4n) is 1.92. The maximum absolute atomic E-state index is 11.0. The fraction of sp³-hybridized carbons (Fsp3) is 0.417. The van der Waals surface area contributed by atoms with Crippen LogP contribution in [0.2, 0.25) is 0 Å². The summed E-state index contributed by atoms with van der Waals surface area (Å²) in [6.45, 7) is 2.08. The summed E-state index contributed by atoms with van der Waals surface area (Å²) in [7, 11) is 0. The number of hydrogen-bond acceptors (Lipinski definition) is 4. The molecule has 1 aromatic rings. The third-order valence-corrected chi connectivity index (χ3v) is 2.80. The van der Waals surface area contributed by atoms with E-state index < -0.39 is 4.92 Å². The smallest absolute Gasteiger partial charge is 0.303 e. The lowest BCUT2D eigenvalue weighted by atomic mass is 9.98. The summed E-state index contributed by atoms with van der Waals surface area (Å²) >= 11 is 0. The number of hydrogen-bond donors (Lipinski definition) is 3. The summed E-state index contributed by atoms with van der Waals surface area (Å²) in [6, 6.07) is 3.22. The van der Waals surface area contributed by atoms with Gasteiger partial charge in [0.1, 0.15) is 11.5 Å². The largest absolute Gasteiger partial charge is 0.393 e. The number of nitrogens with two attached hydrogens (primary N) is 2. The highest BCUT2D eigenvalue weighted by Crippen LogP contribution is 2.29. The van der Waals surface area contributed by atoms with Crippen LogP contribution in [-0.2, 0) is 6.42 Å². The minimum Gasteiger partial charge on any atom is -0.393 e. The number of nitrogens with zero attached hydrogens (tertiary/aromatic N) is 1. The number of unbranched alkanes of at least 4 members (excludes halogenated alkanes) is 2. The van der Waals surface area contributed by atoms with Crippen molar-refractivity contribution in [3.05, 3.63) is 33.4 Å². The Kier molecular flexibility index (Phi) is 4.65. The molecule has 0 aromatic heterocycles. The summed E-state index contributed by atoms with van der Waals surface area (Å²) in [5.41, 5.74) is 11.7. The zero-order chi connectivity index (χ0) is 13.7. The molecule has 0 bridgehead atoms. The van der Waals surface area contributed by atoms with Crippen molar-refractivity contribution in [2.45, 2.75) is 32.6 Å². The standard InChI is InChI=1S/C12H18N4O2/c1-2-3-4-5-8-6-7-9(13)11(16(17)18)10(8)12(14)15/h6-7H,2-5,13H2,1H3,(H3,14,15). The number of nitrogens with one attached hydrogen (secondary N) is 1. The van der Waals surface area contributed by atoms with E-state index in [-0.39, 0.29) is 22.8 Å². The van der Waals surface area contributed by atoms with Crippen molar-refractivity contribution in [1.82, 2.24) is 0 Å². The number of amidine groups is 1. The molecule has 0 aliphatic rings. The number of anilines is 1. The monoisotopic (exact) mass is 250 g/mol. The van der Waals surface area contributed by atoms with Gasteiger partial charge in [-0.25, -0.2) is 0 Å². The predicted molar refractivity (Wildman–Crippen MR) is 71.8 cm³/mol. The molecule has 0 unspecified atom stereocenters. The van der Waals surface area contributed by atoms with Crippen LogP contribution in [-0.4, -0.2) is 10.8 Å². The van der Waals surface area contributed by atoms with Gasteiger partial charge in [-0.3, -0.25) is 15.5 Å². The molecule has 6 heteroatoms. The maximum Gasteiger partial charge on any atom is 0.303 e. The van der Waals surface area contributed by atoms with E-state index >= 15 is 0 Å². The Hall–Kier alpha value is -2.11. The van der Waals surface area contributed by atoms with Gasteiger partial charge < -0.3 is 11.5 Å². The van der Waals surface area contributed by atoms with Crippen LogP contribution < -0.4 is 11.5 Å². The van der Waals surface area contributed by atoms with Crippen molar-refractivity contribution in [2.24, 2.45) is 5.73 Å². The highest BCUT2D eigenvalue weighted by molar-refractivity contribution is 6.02. The van der Waals surface area contributed by atoms with Gasteiger partial charge in [0.05, 0.1) is 10.5 Å². The van der Waals surface area contributed by atoms with Crippen molar-refractivity contribution in [1.29, 1.82) is 5.41 Å². The molecule has 0 atom stereocenters. The van der Waals surface area contributed by atoms with Crippen molar-refractivity contribution in [3.63, 3.8) is 0 Å². The molecule has 18 heavy (non-hydrogen) atoms. The lowest BCUT2D eigenvalue weighted by Crippen LogP contribution is -2.17. The maximum atomic E-state index is 11.0. The van der Waals surface area contributed by atoms with Gasteiger partial charge in [-0.2, -0.15) is 0 Å². The molecule has 0 saturated heterocycles. The molecule has 5 N–H and O–H groups in total. The van der Waals surface area contributed by atoms with Gasteiger partial charge in [-0.1, -0.05) is 25.8 Å². The predicted octanol–water partition coefficient (Wildman–Crippen LogP) is 2.19. The Bertz CT molecular complexity index is 471. The van der Waals surface area contributed by atoms with Gasteiger partial charge in [0, 0.05) is 0 Å². The Labute approximate surface area is 106 Å². The lowest BCUT2D eigenvalue weighted by Gasteiger charge is -2.10. The van der Waals surface area contributed by atoms with Crippen LogP contribution in [0.1, 0.15) is 37.3 Å². The van der Waals surface area contributed by atoms with Crippen LogP contribution in [0, 0.1) is 15.5 Å². The zero-order valence-corrected chi connectivity index (χ0v) is 10.4. The summed E-state index contributed by atoms with van der Waals surface area (Å²) in [4.78, 5) is 10.4. The summed E-state index contributed by atoms with van der Waals surface area (Å²) in [5.74, 6) is -0.305. The zero-order valence-electron chi connectivity index (χ0n) is 10.4. The van der Waals surface area contributed by atoms with E-state index in [1.54, 1.807) is 6.07 Å². The van der Waals surface area contributed by atoms with Crippen molar-refractivity contribution >= 4 is 17.2 Å². The number of nitro groups is 1. The third-order valence-electron chi connectivity index (χ3n) is 2.80. The van der Waals surface area contributed by atoms with E-state index in [0.717, 1.165) is 24.8 Å². The Morgan fingerprint density at radius 2 is 2.11 bits per heavy atom. The molecule has 1 rings (SSSR count). The molecule has 0 aliphatic carbocycles. The molecule has 0 saturated carbocycles. The van der Waals surface area contributed by atoms with Gasteiger partial charge in [0.25, 0.3) is 0 Å². The molecule has 98 valence electrons. The van der Waals surface area contributed by atoms with E-state index in [1.165, 1.54) is 6.07 Å². The molecule has 0 radical (unpaired) electrons. The molecule has 0 amide bonds. The van der Waals surface area contributed by atoms with Crippen LogP contribution in [0.15, 0.2) is 12.1 Å². The minimum absolute atomic E-state index is 0.0458. The van der Waals surface area contributed by atoms with Crippen LogP contribution in [0.5, 0.6) is 0 Å². The van der Waals surface area contributed by atoms with Crippen molar-refractivity contribution in [3.8, 4) is 0 Å². The first-order valence-corrected chi connectivity index (χ1v) is 5.89. The quantitative estimate of drug-likeness (QED) is 0.179. The van der Waals surface area contributed by atoms with E-state index in [9.17, 15) is 10.1 Å². The summed E-state index contributed by atoms with van der Waals surface area (Å²) in [6.07, 6.45) is 3.68. The number of benzene rings is 1. The van der Waals surface area contributed by atoms with Gasteiger partial charge >= 0.3 is 5.69 Å². The average Bonchev–Trinajstić information content (AvgIpc) is 2.30. The van der Waals surface area contributed by atoms with Crippen LogP contribution in [0.3, 0.4) is 0 Å². The van der Waals surface area contributed by atoms with Crippen LogP contribution >= 0.6 is 0 Å². The van der Waals surface area contributed by atoms with Crippen LogP contribution in [0.4, 0.5) is 11.4 Å². The third kappa shape index (κ3) is 2.97. The fourth-order valence-corrected chi connectivity index (χ4v) is 1.92. The molecule has 0 spiro atoms. The van der Waals surface area contributed by atoms with Crippen molar-refractivity contribution < 1.29 is 4.92 Å². The van der Waals surface area contributed by atoms with Gasteiger partial charge in [-0.05, 0) is 24.5 Å². The number of nitrogen functional groups attached to an aromatic ring is 2. The minimum atomic E-state index is -0.574. The highest BCUT2D eigenvalue weighted by Gasteiger charge is 2.23. The lowest BCUT2D eigenvalue weighted by molar-refractivity contribution is -0.384. The molecule has 1 aromatic carbocycles. The molecular formula is C12H18N4O2. The van der Waals surface area contributed by atoms with E-state index in [0.29, 0.717) is 6.42 Å². The molecule has 0 fully saturated rings. The average molecular weight is 250 g/mol. The van der Waals surface area contributed by atoms with E-state index in [1.807, 2.05) is 0 Å². The summed E-state index contributed by atoms with van der Waals surface area (Å²) in [5, 5.41) is 18.5. The van der Waals surface area contributed by atoms with Gasteiger partial charge in [0.15, 0.2) is 0 Å². The molecular weight excluding hydrogens is 232 g/mol. The number of rotatable bonds is 6. The molecule has 0 aliphatic heterocycles. The topological polar surface area (TPSA) is 119 Å². The second-order valence-corrected chi connectivity index (χ2v) is 4.17. The second-order valence-electron chi connectivity index (χ2n) is 4.17. The van der Waals surface area contributed by atoms with Crippen LogP contribution in [0.25, 0.3) is 0 Å². The SMILES string of the molecule is CCCCCc1ccc(N)c([N+](=O)[O-])c1C(=N)N. The highest BCUT2D eigenvalue weighted by atomic mass is 16.6. The Balaban J connectivity index is 3.22. The first-order valence-electron chi connectivity index (χ1n) is 5.89. The molecule has 0 heterocycles. The Morgan fingerprint density at radius 1 is 1.44 bits per heavy atom. The second kappa shape index (κ2) is 6.00. The Morgan fingerprint density at radius 3 is 2.61 bits per heavy atom. The number of nitro benzene ring substituents is 1. The molecule has 6 nitrogen and oxygen atoms in total. The van der Waals surface area contributed by atoms with E-state index in [2.05, 4.69) is 6.92 Å². The summed E-state index contributed by atoms with van der Waals surface area (Å²) < 4.78 is 0. The first kappa shape index (κ1) is 14.0. The normalized spacial score (nSPS) is 10.3.